The number of carbonyl (C=O) groups is 1. The van der Waals surface area contributed by atoms with E-state index in [1.165, 1.54) is 6.07 Å². The number of halogens is 2. The predicted molar refractivity (Wildman–Crippen MR) is 125 cm³/mol. The van der Waals surface area contributed by atoms with Gasteiger partial charge in [-0.15, -0.1) is 0 Å². The van der Waals surface area contributed by atoms with Crippen molar-refractivity contribution in [3.8, 4) is 17.1 Å². The SMILES string of the molecule is O=C(c1nn(-c2ccc(F)c(F)c2)c2c1CCC2)N1CCC(c2nc(-c3ccccc3)n[nH]2)CC1. The lowest BCUT2D eigenvalue weighted by atomic mass is 9.95. The van der Waals surface area contributed by atoms with Gasteiger partial charge in [0.05, 0.1) is 5.69 Å². The van der Waals surface area contributed by atoms with Gasteiger partial charge in [-0.1, -0.05) is 30.3 Å². The molecule has 0 saturated carbocycles. The van der Waals surface area contributed by atoms with E-state index < -0.39 is 11.6 Å². The fourth-order valence-corrected chi connectivity index (χ4v) is 5.12. The van der Waals surface area contributed by atoms with Gasteiger partial charge in [0.2, 0.25) is 0 Å². The lowest BCUT2D eigenvalue weighted by molar-refractivity contribution is 0.0703. The molecule has 1 aliphatic heterocycles. The third kappa shape index (κ3) is 3.90. The first-order valence-corrected chi connectivity index (χ1v) is 11.9. The molecule has 2 aromatic carbocycles. The van der Waals surface area contributed by atoms with Gasteiger partial charge < -0.3 is 4.90 Å². The van der Waals surface area contributed by atoms with E-state index in [2.05, 4.69) is 20.3 Å². The average molecular weight is 475 g/mol. The zero-order chi connectivity index (χ0) is 23.9. The molecule has 2 aromatic heterocycles. The Morgan fingerprint density at radius 1 is 1.00 bits per heavy atom. The highest BCUT2D eigenvalue weighted by Crippen LogP contribution is 2.31. The number of H-pyrrole nitrogens is 1. The molecule has 0 bridgehead atoms. The van der Waals surface area contributed by atoms with Crippen molar-refractivity contribution in [2.75, 3.05) is 13.1 Å². The highest BCUT2D eigenvalue weighted by atomic mass is 19.2. The van der Waals surface area contributed by atoms with E-state index in [1.807, 2.05) is 35.2 Å². The number of piperidine rings is 1. The molecule has 1 saturated heterocycles. The molecule has 178 valence electrons. The molecule has 6 rings (SSSR count). The lowest BCUT2D eigenvalue weighted by Crippen LogP contribution is -2.38. The first kappa shape index (κ1) is 21.6. The van der Waals surface area contributed by atoms with Crippen LogP contribution in [0, 0.1) is 11.6 Å². The van der Waals surface area contributed by atoms with Crippen LogP contribution in [0.4, 0.5) is 8.78 Å². The van der Waals surface area contributed by atoms with E-state index in [0.717, 1.165) is 66.9 Å². The van der Waals surface area contributed by atoms with Crippen LogP contribution in [0.5, 0.6) is 0 Å². The third-order valence-corrected chi connectivity index (χ3v) is 6.98. The number of aromatic amines is 1. The normalized spacial score (nSPS) is 16.0. The molecule has 35 heavy (non-hydrogen) atoms. The quantitative estimate of drug-likeness (QED) is 0.474. The van der Waals surface area contributed by atoms with E-state index in [1.54, 1.807) is 4.68 Å². The molecule has 7 nitrogen and oxygen atoms in total. The summed E-state index contributed by atoms with van der Waals surface area (Å²) in [4.78, 5) is 20.0. The fourth-order valence-electron chi connectivity index (χ4n) is 5.12. The number of nitrogens with zero attached hydrogens (tertiary/aromatic N) is 5. The summed E-state index contributed by atoms with van der Waals surface area (Å²) in [5, 5.41) is 12.0. The molecule has 0 spiro atoms. The number of fused-ring (bicyclic) bond motifs is 1. The summed E-state index contributed by atoms with van der Waals surface area (Å²) in [5.41, 5.74) is 3.65. The van der Waals surface area contributed by atoms with Crippen LogP contribution in [0.25, 0.3) is 17.1 Å². The predicted octanol–water partition coefficient (Wildman–Crippen LogP) is 4.44. The number of aromatic nitrogens is 5. The van der Waals surface area contributed by atoms with Crippen molar-refractivity contribution in [1.29, 1.82) is 0 Å². The minimum Gasteiger partial charge on any atom is -0.337 e. The number of hydrogen-bond acceptors (Lipinski definition) is 4. The van der Waals surface area contributed by atoms with Crippen molar-refractivity contribution >= 4 is 5.91 Å². The van der Waals surface area contributed by atoms with Crippen molar-refractivity contribution in [3.05, 3.63) is 82.9 Å². The molecule has 0 unspecified atom stereocenters. The van der Waals surface area contributed by atoms with Crippen molar-refractivity contribution in [3.63, 3.8) is 0 Å². The molecule has 0 atom stereocenters. The second kappa shape index (κ2) is 8.72. The molecule has 2 aliphatic rings. The zero-order valence-corrected chi connectivity index (χ0v) is 19.0. The number of nitrogens with one attached hydrogen (secondary N) is 1. The van der Waals surface area contributed by atoms with E-state index in [-0.39, 0.29) is 11.8 Å². The number of likely N-dealkylation sites (tertiary alicyclic amines) is 1. The van der Waals surface area contributed by atoms with Crippen molar-refractivity contribution in [2.24, 2.45) is 0 Å². The molecular weight excluding hydrogens is 450 g/mol. The van der Waals surface area contributed by atoms with Gasteiger partial charge in [0, 0.05) is 41.9 Å². The molecule has 1 aliphatic carbocycles. The van der Waals surface area contributed by atoms with E-state index in [9.17, 15) is 13.6 Å². The summed E-state index contributed by atoms with van der Waals surface area (Å²) in [5.74, 6) is -0.209. The van der Waals surface area contributed by atoms with Crippen molar-refractivity contribution in [1.82, 2.24) is 29.9 Å². The molecule has 0 radical (unpaired) electrons. The van der Waals surface area contributed by atoms with E-state index in [4.69, 9.17) is 0 Å². The zero-order valence-electron chi connectivity index (χ0n) is 19.0. The first-order chi connectivity index (χ1) is 17.1. The Morgan fingerprint density at radius 2 is 1.80 bits per heavy atom. The van der Waals surface area contributed by atoms with Crippen LogP contribution in [-0.4, -0.2) is 48.9 Å². The summed E-state index contributed by atoms with van der Waals surface area (Å²) in [7, 11) is 0. The van der Waals surface area contributed by atoms with Crippen LogP contribution >= 0.6 is 0 Å². The standard InChI is InChI=1S/C26H24F2N6O/c27-20-10-9-18(15-21(20)28)34-22-8-4-7-19(22)23(32-34)26(35)33-13-11-17(12-14-33)25-29-24(30-31-25)16-5-2-1-3-6-16/h1-3,5-6,9-10,15,17H,4,7-8,11-14H2,(H,29,30,31). The van der Waals surface area contributed by atoms with Gasteiger partial charge in [-0.3, -0.25) is 9.89 Å². The monoisotopic (exact) mass is 474 g/mol. The van der Waals surface area contributed by atoms with E-state index >= 15 is 0 Å². The van der Waals surface area contributed by atoms with Gasteiger partial charge in [0.15, 0.2) is 23.2 Å². The Kier molecular flexibility index (Phi) is 5.39. The molecule has 1 N–H and O–H groups in total. The van der Waals surface area contributed by atoms with Crippen LogP contribution in [-0.2, 0) is 12.8 Å². The largest absolute Gasteiger partial charge is 0.337 e. The molecule has 4 aromatic rings. The number of rotatable bonds is 4. The summed E-state index contributed by atoms with van der Waals surface area (Å²) in [6.45, 7) is 1.19. The first-order valence-electron chi connectivity index (χ1n) is 11.9. The van der Waals surface area contributed by atoms with Gasteiger partial charge in [0.1, 0.15) is 5.82 Å². The van der Waals surface area contributed by atoms with Crippen LogP contribution in [0.15, 0.2) is 48.5 Å². The highest BCUT2D eigenvalue weighted by molar-refractivity contribution is 5.94. The van der Waals surface area contributed by atoms with Crippen LogP contribution in [0.2, 0.25) is 0 Å². The van der Waals surface area contributed by atoms with E-state index in [0.29, 0.717) is 30.3 Å². The minimum absolute atomic E-state index is 0.106. The second-order valence-electron chi connectivity index (χ2n) is 9.11. The summed E-state index contributed by atoms with van der Waals surface area (Å²) in [6.07, 6.45) is 3.99. The second-order valence-corrected chi connectivity index (χ2v) is 9.11. The molecule has 1 fully saturated rings. The molecule has 3 heterocycles. The lowest BCUT2D eigenvalue weighted by Gasteiger charge is -2.30. The Balaban J connectivity index is 1.18. The van der Waals surface area contributed by atoms with Crippen LogP contribution < -0.4 is 0 Å². The Labute approximate surface area is 200 Å². The summed E-state index contributed by atoms with van der Waals surface area (Å²) < 4.78 is 28.9. The highest BCUT2D eigenvalue weighted by Gasteiger charge is 2.32. The third-order valence-electron chi connectivity index (χ3n) is 6.98. The van der Waals surface area contributed by atoms with Crippen molar-refractivity contribution < 1.29 is 13.6 Å². The smallest absolute Gasteiger partial charge is 0.274 e. The Bertz CT molecular complexity index is 1390. The maximum absolute atomic E-state index is 13.8. The number of carbonyl (C=O) groups excluding carboxylic acids is 1. The van der Waals surface area contributed by atoms with Gasteiger partial charge in [-0.2, -0.15) is 10.2 Å². The van der Waals surface area contributed by atoms with Crippen LogP contribution in [0.1, 0.15) is 52.8 Å². The molecular formula is C26H24F2N6O. The molecule has 9 heteroatoms. The maximum Gasteiger partial charge on any atom is 0.274 e. The summed E-state index contributed by atoms with van der Waals surface area (Å²) in [6, 6.07) is 13.5. The Hall–Kier alpha value is -3.88. The van der Waals surface area contributed by atoms with Gasteiger partial charge in [-0.05, 0) is 44.2 Å². The average Bonchev–Trinajstić information content (AvgIpc) is 3.63. The van der Waals surface area contributed by atoms with Gasteiger partial charge >= 0.3 is 0 Å². The number of benzene rings is 2. The maximum atomic E-state index is 13.8. The fraction of sp³-hybridized carbons (Fsp3) is 0.308. The summed E-state index contributed by atoms with van der Waals surface area (Å²) >= 11 is 0. The van der Waals surface area contributed by atoms with Crippen LogP contribution in [0.3, 0.4) is 0 Å². The topological polar surface area (TPSA) is 79.7 Å². The van der Waals surface area contributed by atoms with Gasteiger partial charge in [-0.25, -0.2) is 18.4 Å². The van der Waals surface area contributed by atoms with Gasteiger partial charge in [0.25, 0.3) is 5.91 Å². The molecule has 1 amide bonds. The number of amides is 1. The minimum atomic E-state index is -0.928. The van der Waals surface area contributed by atoms with Crippen molar-refractivity contribution in [2.45, 2.75) is 38.0 Å². The number of hydrogen-bond donors (Lipinski definition) is 1. The Morgan fingerprint density at radius 3 is 2.57 bits per heavy atom.